The van der Waals surface area contributed by atoms with Crippen LogP contribution in [0, 0.1) is 18.7 Å². The number of carbonyl (C=O) groups is 1. The van der Waals surface area contributed by atoms with E-state index >= 15 is 0 Å². The first-order chi connectivity index (χ1) is 14.5. The summed E-state index contributed by atoms with van der Waals surface area (Å²) in [7, 11) is 0. The SMILES string of the molecule is Cc1ccc(-c2cc(-c3ccc(F)cc3)nc(C3=C(NN)C(C)C(=O)C=C3)n2)cc1. The van der Waals surface area contributed by atoms with Crippen LogP contribution in [0.25, 0.3) is 28.1 Å². The van der Waals surface area contributed by atoms with E-state index in [0.717, 1.165) is 22.4 Å². The first-order valence-corrected chi connectivity index (χ1v) is 9.61. The Bertz CT molecular complexity index is 1100. The second-order valence-corrected chi connectivity index (χ2v) is 7.26. The molecule has 1 unspecified atom stereocenters. The number of ketones is 1. The van der Waals surface area contributed by atoms with Gasteiger partial charge in [-0.25, -0.2) is 14.4 Å². The summed E-state index contributed by atoms with van der Waals surface area (Å²) < 4.78 is 13.4. The molecule has 1 heterocycles. The number of carbonyl (C=O) groups excluding carboxylic acids is 1. The molecule has 0 saturated heterocycles. The maximum absolute atomic E-state index is 13.4. The van der Waals surface area contributed by atoms with E-state index in [4.69, 9.17) is 15.8 Å². The molecule has 150 valence electrons. The second kappa shape index (κ2) is 8.00. The van der Waals surface area contributed by atoms with Gasteiger partial charge >= 0.3 is 0 Å². The normalized spacial score (nSPS) is 16.1. The number of halogens is 1. The zero-order valence-corrected chi connectivity index (χ0v) is 16.7. The Morgan fingerprint density at radius 3 is 2.07 bits per heavy atom. The topological polar surface area (TPSA) is 80.9 Å². The highest BCUT2D eigenvalue weighted by Gasteiger charge is 2.25. The number of benzene rings is 2. The molecule has 1 aliphatic rings. The molecule has 4 rings (SSSR count). The molecule has 0 spiro atoms. The maximum atomic E-state index is 13.4. The molecule has 1 atom stereocenters. The summed E-state index contributed by atoms with van der Waals surface area (Å²) in [5, 5.41) is 0. The number of nitrogens with one attached hydrogen (secondary N) is 1. The van der Waals surface area contributed by atoms with E-state index in [9.17, 15) is 9.18 Å². The molecular formula is C24H21FN4O. The fraction of sp³-hybridized carbons (Fsp3) is 0.125. The number of nitrogens with zero attached hydrogens (tertiary/aromatic N) is 2. The molecule has 3 aromatic rings. The van der Waals surface area contributed by atoms with Crippen LogP contribution in [0.4, 0.5) is 4.39 Å². The maximum Gasteiger partial charge on any atom is 0.164 e. The van der Waals surface area contributed by atoms with Crippen LogP contribution in [0.3, 0.4) is 0 Å². The van der Waals surface area contributed by atoms with Crippen molar-refractivity contribution in [3.63, 3.8) is 0 Å². The monoisotopic (exact) mass is 400 g/mol. The lowest BCUT2D eigenvalue weighted by molar-refractivity contribution is -0.116. The summed E-state index contributed by atoms with van der Waals surface area (Å²) in [4.78, 5) is 21.6. The number of rotatable bonds is 4. The Hall–Kier alpha value is -3.64. The molecule has 1 aliphatic carbocycles. The van der Waals surface area contributed by atoms with Crippen molar-refractivity contribution in [1.29, 1.82) is 0 Å². The van der Waals surface area contributed by atoms with Gasteiger partial charge in [0, 0.05) is 22.4 Å². The molecular weight excluding hydrogens is 379 g/mol. The Balaban J connectivity index is 1.93. The highest BCUT2D eigenvalue weighted by Crippen LogP contribution is 2.30. The van der Waals surface area contributed by atoms with Gasteiger partial charge in [-0.05, 0) is 56.3 Å². The predicted molar refractivity (Wildman–Crippen MR) is 115 cm³/mol. The minimum atomic E-state index is -0.420. The number of nitrogens with two attached hydrogens (primary N) is 1. The number of allylic oxidation sites excluding steroid dienone is 4. The summed E-state index contributed by atoms with van der Waals surface area (Å²) in [6.07, 6.45) is 3.19. The number of aromatic nitrogens is 2. The Labute approximate surface area is 174 Å². The minimum Gasteiger partial charge on any atom is -0.327 e. The molecule has 1 aromatic heterocycles. The molecule has 0 amide bonds. The van der Waals surface area contributed by atoms with Gasteiger partial charge in [-0.3, -0.25) is 10.6 Å². The third kappa shape index (κ3) is 3.77. The zero-order chi connectivity index (χ0) is 21.3. The molecule has 0 fully saturated rings. The molecule has 3 N–H and O–H groups in total. The third-order valence-electron chi connectivity index (χ3n) is 5.17. The van der Waals surface area contributed by atoms with Gasteiger partial charge in [-0.1, -0.05) is 29.8 Å². The van der Waals surface area contributed by atoms with Gasteiger partial charge in [0.2, 0.25) is 0 Å². The Kier molecular flexibility index (Phi) is 5.25. The first-order valence-electron chi connectivity index (χ1n) is 9.61. The fourth-order valence-corrected chi connectivity index (χ4v) is 3.38. The number of hydrogen-bond acceptors (Lipinski definition) is 5. The van der Waals surface area contributed by atoms with E-state index in [0.29, 0.717) is 22.8 Å². The van der Waals surface area contributed by atoms with Crippen LogP contribution in [-0.4, -0.2) is 15.8 Å². The molecule has 6 heteroatoms. The van der Waals surface area contributed by atoms with Gasteiger partial charge in [-0.15, -0.1) is 0 Å². The largest absolute Gasteiger partial charge is 0.327 e. The van der Waals surface area contributed by atoms with Gasteiger partial charge in [-0.2, -0.15) is 0 Å². The number of hydrogen-bond donors (Lipinski definition) is 2. The van der Waals surface area contributed by atoms with E-state index in [1.165, 1.54) is 18.2 Å². The van der Waals surface area contributed by atoms with Gasteiger partial charge in [0.1, 0.15) is 5.82 Å². The molecule has 5 nitrogen and oxygen atoms in total. The molecule has 0 saturated carbocycles. The van der Waals surface area contributed by atoms with Crippen LogP contribution < -0.4 is 11.3 Å². The lowest BCUT2D eigenvalue weighted by atomic mass is 9.92. The highest BCUT2D eigenvalue weighted by molar-refractivity contribution is 6.00. The van der Waals surface area contributed by atoms with Crippen LogP contribution in [0.2, 0.25) is 0 Å². The minimum absolute atomic E-state index is 0.0415. The van der Waals surface area contributed by atoms with Crippen molar-refractivity contribution in [2.75, 3.05) is 0 Å². The van der Waals surface area contributed by atoms with E-state index in [-0.39, 0.29) is 11.6 Å². The average molecular weight is 400 g/mol. The van der Waals surface area contributed by atoms with E-state index in [2.05, 4.69) is 5.43 Å². The van der Waals surface area contributed by atoms with Gasteiger partial charge in [0.05, 0.1) is 17.3 Å². The van der Waals surface area contributed by atoms with Crippen molar-refractivity contribution in [2.24, 2.45) is 11.8 Å². The van der Waals surface area contributed by atoms with Gasteiger partial charge in [0.15, 0.2) is 11.6 Å². The smallest absolute Gasteiger partial charge is 0.164 e. The summed E-state index contributed by atoms with van der Waals surface area (Å²) in [6, 6.07) is 16.1. The molecule has 30 heavy (non-hydrogen) atoms. The van der Waals surface area contributed by atoms with Crippen molar-refractivity contribution in [2.45, 2.75) is 13.8 Å². The quantitative estimate of drug-likeness (QED) is 0.507. The van der Waals surface area contributed by atoms with E-state index in [1.54, 1.807) is 25.1 Å². The average Bonchev–Trinajstić information content (AvgIpc) is 2.76. The Morgan fingerprint density at radius 1 is 0.933 bits per heavy atom. The van der Waals surface area contributed by atoms with Crippen molar-refractivity contribution in [1.82, 2.24) is 15.4 Å². The summed E-state index contributed by atoms with van der Waals surface area (Å²) >= 11 is 0. The van der Waals surface area contributed by atoms with Crippen LogP contribution in [0.1, 0.15) is 18.3 Å². The van der Waals surface area contributed by atoms with E-state index in [1.807, 2.05) is 37.3 Å². The lowest BCUT2D eigenvalue weighted by Crippen LogP contribution is -2.31. The molecule has 0 aliphatic heterocycles. The van der Waals surface area contributed by atoms with Crippen LogP contribution in [0.5, 0.6) is 0 Å². The second-order valence-electron chi connectivity index (χ2n) is 7.26. The van der Waals surface area contributed by atoms with E-state index < -0.39 is 5.92 Å². The van der Waals surface area contributed by atoms with Crippen LogP contribution >= 0.6 is 0 Å². The fourth-order valence-electron chi connectivity index (χ4n) is 3.38. The van der Waals surface area contributed by atoms with Crippen molar-refractivity contribution in [3.8, 4) is 22.5 Å². The molecule has 0 bridgehead atoms. The van der Waals surface area contributed by atoms with Crippen molar-refractivity contribution in [3.05, 3.63) is 89.7 Å². The van der Waals surface area contributed by atoms with Crippen molar-refractivity contribution >= 4 is 11.4 Å². The summed E-state index contributed by atoms with van der Waals surface area (Å²) in [6.45, 7) is 3.81. The van der Waals surface area contributed by atoms with Crippen LogP contribution in [-0.2, 0) is 4.79 Å². The van der Waals surface area contributed by atoms with Gasteiger partial charge in [0.25, 0.3) is 0 Å². The zero-order valence-electron chi connectivity index (χ0n) is 16.7. The lowest BCUT2D eigenvalue weighted by Gasteiger charge is -2.20. The van der Waals surface area contributed by atoms with Crippen molar-refractivity contribution < 1.29 is 9.18 Å². The first kappa shape index (κ1) is 19.7. The number of aryl methyl sites for hydroxylation is 1. The van der Waals surface area contributed by atoms with Crippen LogP contribution in [0.15, 0.2) is 72.4 Å². The molecule has 2 aromatic carbocycles. The Morgan fingerprint density at radius 2 is 1.50 bits per heavy atom. The summed E-state index contributed by atoms with van der Waals surface area (Å²) in [5.41, 5.74) is 8.07. The third-order valence-corrected chi connectivity index (χ3v) is 5.17. The molecule has 0 radical (unpaired) electrons. The van der Waals surface area contributed by atoms with Gasteiger partial charge < -0.3 is 5.43 Å². The highest BCUT2D eigenvalue weighted by atomic mass is 19.1. The predicted octanol–water partition coefficient (Wildman–Crippen LogP) is 4.21. The number of hydrazine groups is 1. The summed E-state index contributed by atoms with van der Waals surface area (Å²) in [5.74, 6) is 5.39. The standard InChI is InChI=1S/C24H21FN4O/c1-14-3-5-16(6-4-14)20-13-21(17-7-9-18(25)10-8-17)28-24(27-20)19-11-12-22(30)15(2)23(19)29-26/h3-13,15,29H,26H2,1-2H3.